The minimum Gasteiger partial charge on any atom is -0.322 e. The van der Waals surface area contributed by atoms with E-state index in [-0.39, 0.29) is 11.4 Å². The highest BCUT2D eigenvalue weighted by Gasteiger charge is 2.15. The average molecular weight is 483 g/mol. The molecule has 1 saturated heterocycles. The average Bonchev–Trinajstić information content (AvgIpc) is 3.30. The first kappa shape index (κ1) is 23.7. The van der Waals surface area contributed by atoms with Gasteiger partial charge in [-0.15, -0.1) is 0 Å². The molecule has 0 unspecified atom stereocenters. The smallest absolute Gasteiger partial charge is 0.257 e. The van der Waals surface area contributed by atoms with E-state index in [1.54, 1.807) is 24.4 Å². The third kappa shape index (κ3) is 5.28. The molecule has 1 fully saturated rings. The van der Waals surface area contributed by atoms with Gasteiger partial charge in [0.2, 0.25) is 0 Å². The molecular formula is C28H27FN6O. The maximum atomic E-state index is 13.9. The van der Waals surface area contributed by atoms with Gasteiger partial charge in [-0.05, 0) is 61.4 Å². The molecule has 3 heterocycles. The summed E-state index contributed by atoms with van der Waals surface area (Å²) in [6.07, 6.45) is 3.09. The molecule has 36 heavy (non-hydrogen) atoms. The number of H-pyrrole nitrogens is 1. The van der Waals surface area contributed by atoms with Gasteiger partial charge in [-0.2, -0.15) is 5.10 Å². The standard InChI is InChI=1S/C28H27FN6O/c1-19-14-23(8-7-21(19)18-35-12-10-34(2)11-13-35)31-28(36)22-15-20(16-30-17-22)6-9-26-24-4-3-5-25(29)27(24)33-32-26/h3-5,7-8,14-17H,10-13,18H2,1-2H3,(H,31,36)(H,32,33). The molecule has 2 aromatic heterocycles. The van der Waals surface area contributed by atoms with Crippen molar-refractivity contribution >= 4 is 22.5 Å². The normalized spacial score (nSPS) is 14.4. The van der Waals surface area contributed by atoms with Crippen LogP contribution >= 0.6 is 0 Å². The van der Waals surface area contributed by atoms with E-state index in [1.807, 2.05) is 12.1 Å². The Balaban J connectivity index is 1.26. The topological polar surface area (TPSA) is 77.1 Å². The van der Waals surface area contributed by atoms with Gasteiger partial charge in [-0.25, -0.2) is 4.39 Å². The summed E-state index contributed by atoms with van der Waals surface area (Å²) in [7, 11) is 2.15. The van der Waals surface area contributed by atoms with Crippen molar-refractivity contribution in [1.29, 1.82) is 0 Å². The van der Waals surface area contributed by atoms with E-state index in [1.165, 1.54) is 17.8 Å². The van der Waals surface area contributed by atoms with E-state index in [2.05, 4.69) is 62.2 Å². The van der Waals surface area contributed by atoms with Crippen LogP contribution < -0.4 is 5.32 Å². The predicted octanol–water partition coefficient (Wildman–Crippen LogP) is 3.80. The van der Waals surface area contributed by atoms with Crippen LogP contribution in [0.4, 0.5) is 10.1 Å². The van der Waals surface area contributed by atoms with Crippen LogP contribution in [-0.2, 0) is 6.54 Å². The Morgan fingerprint density at radius 3 is 2.75 bits per heavy atom. The fraction of sp³-hybridized carbons (Fsp3) is 0.250. The SMILES string of the molecule is Cc1cc(NC(=O)c2cncc(C#Cc3[nH]nc4c(F)cccc34)c2)ccc1CN1CCN(C)CC1. The number of anilines is 1. The Morgan fingerprint density at radius 2 is 1.94 bits per heavy atom. The number of aryl methyl sites for hydroxylation is 1. The number of amides is 1. The summed E-state index contributed by atoms with van der Waals surface area (Å²) in [5.41, 5.74) is 4.88. The Morgan fingerprint density at radius 1 is 1.11 bits per heavy atom. The summed E-state index contributed by atoms with van der Waals surface area (Å²) in [6.45, 7) is 7.28. The molecule has 8 heteroatoms. The Labute approximate surface area is 209 Å². The monoisotopic (exact) mass is 482 g/mol. The first-order valence-electron chi connectivity index (χ1n) is 11.9. The maximum Gasteiger partial charge on any atom is 0.257 e. The Hall–Kier alpha value is -4.06. The Bertz CT molecular complexity index is 1480. The third-order valence-electron chi connectivity index (χ3n) is 6.46. The molecule has 2 aromatic carbocycles. The minimum absolute atomic E-state index is 0.248. The van der Waals surface area contributed by atoms with Crippen LogP contribution in [0.25, 0.3) is 10.9 Å². The number of fused-ring (bicyclic) bond motifs is 1. The summed E-state index contributed by atoms with van der Waals surface area (Å²) in [5.74, 6) is 5.28. The number of hydrogen-bond acceptors (Lipinski definition) is 5. The number of nitrogens with zero attached hydrogens (tertiary/aromatic N) is 4. The maximum absolute atomic E-state index is 13.9. The van der Waals surface area contributed by atoms with E-state index in [0.29, 0.717) is 22.2 Å². The first-order valence-corrected chi connectivity index (χ1v) is 11.9. The fourth-order valence-corrected chi connectivity index (χ4v) is 4.27. The van der Waals surface area contributed by atoms with Gasteiger partial charge in [0.1, 0.15) is 11.2 Å². The van der Waals surface area contributed by atoms with E-state index in [9.17, 15) is 9.18 Å². The second-order valence-electron chi connectivity index (χ2n) is 9.12. The van der Waals surface area contributed by atoms with Gasteiger partial charge < -0.3 is 10.2 Å². The second-order valence-corrected chi connectivity index (χ2v) is 9.12. The van der Waals surface area contributed by atoms with Crippen molar-refractivity contribution in [2.75, 3.05) is 38.5 Å². The van der Waals surface area contributed by atoms with Gasteiger partial charge in [0.15, 0.2) is 5.82 Å². The van der Waals surface area contributed by atoms with Crippen molar-refractivity contribution in [3.63, 3.8) is 0 Å². The summed E-state index contributed by atoms with van der Waals surface area (Å²) in [6, 6.07) is 12.4. The summed E-state index contributed by atoms with van der Waals surface area (Å²) in [5, 5.41) is 10.3. The van der Waals surface area contributed by atoms with Crippen LogP contribution in [0.15, 0.2) is 54.9 Å². The highest BCUT2D eigenvalue weighted by Crippen LogP contribution is 2.20. The Kier molecular flexibility index (Phi) is 6.76. The molecule has 2 N–H and O–H groups in total. The number of carbonyl (C=O) groups excluding carboxylic acids is 1. The van der Waals surface area contributed by atoms with Crippen LogP contribution in [0.1, 0.15) is 32.7 Å². The number of pyridine rings is 1. The van der Waals surface area contributed by atoms with Crippen molar-refractivity contribution in [3.05, 3.63) is 88.6 Å². The number of piperazine rings is 1. The molecule has 0 aliphatic carbocycles. The molecule has 182 valence electrons. The zero-order valence-corrected chi connectivity index (χ0v) is 20.3. The number of hydrogen-bond donors (Lipinski definition) is 2. The number of aromatic amines is 1. The molecule has 1 amide bonds. The van der Waals surface area contributed by atoms with Crippen LogP contribution in [0.2, 0.25) is 0 Å². The van der Waals surface area contributed by atoms with Crippen molar-refractivity contribution in [2.45, 2.75) is 13.5 Å². The number of likely N-dealkylation sites (N-methyl/N-ethyl adjacent to an activating group) is 1. The number of nitrogens with one attached hydrogen (secondary N) is 2. The van der Waals surface area contributed by atoms with Crippen molar-refractivity contribution in [3.8, 4) is 11.8 Å². The molecule has 0 radical (unpaired) electrons. The minimum atomic E-state index is -0.403. The summed E-state index contributed by atoms with van der Waals surface area (Å²) in [4.78, 5) is 21.9. The van der Waals surface area contributed by atoms with Gasteiger partial charge in [0, 0.05) is 61.8 Å². The molecule has 1 aliphatic rings. The molecule has 1 aliphatic heterocycles. The summed E-state index contributed by atoms with van der Waals surface area (Å²) >= 11 is 0. The van der Waals surface area contributed by atoms with E-state index >= 15 is 0 Å². The van der Waals surface area contributed by atoms with Crippen LogP contribution in [0.5, 0.6) is 0 Å². The first-order chi connectivity index (χ1) is 17.5. The highest BCUT2D eigenvalue weighted by molar-refractivity contribution is 6.04. The third-order valence-corrected chi connectivity index (χ3v) is 6.46. The number of halogens is 1. The number of rotatable bonds is 4. The quantitative estimate of drug-likeness (QED) is 0.433. The molecule has 0 saturated carbocycles. The van der Waals surface area contributed by atoms with Crippen LogP contribution in [0, 0.1) is 24.6 Å². The number of aromatic nitrogens is 3. The molecule has 5 rings (SSSR count). The fourth-order valence-electron chi connectivity index (χ4n) is 4.27. The van der Waals surface area contributed by atoms with Crippen LogP contribution in [0.3, 0.4) is 0 Å². The van der Waals surface area contributed by atoms with Crippen LogP contribution in [-0.4, -0.2) is 64.1 Å². The van der Waals surface area contributed by atoms with Gasteiger partial charge in [0.25, 0.3) is 5.91 Å². The zero-order chi connectivity index (χ0) is 25.1. The second kappa shape index (κ2) is 10.3. The van der Waals surface area contributed by atoms with E-state index in [0.717, 1.165) is 44.0 Å². The predicted molar refractivity (Wildman–Crippen MR) is 138 cm³/mol. The van der Waals surface area contributed by atoms with Gasteiger partial charge in [0.05, 0.1) is 5.56 Å². The molecule has 4 aromatic rings. The lowest BCUT2D eigenvalue weighted by atomic mass is 10.1. The number of para-hydroxylation sites is 1. The van der Waals surface area contributed by atoms with Crippen molar-refractivity contribution in [1.82, 2.24) is 25.0 Å². The van der Waals surface area contributed by atoms with Crippen molar-refractivity contribution in [2.24, 2.45) is 0 Å². The summed E-state index contributed by atoms with van der Waals surface area (Å²) < 4.78 is 13.9. The lowest BCUT2D eigenvalue weighted by molar-refractivity contribution is 0.102. The molecule has 0 spiro atoms. The van der Waals surface area contributed by atoms with Gasteiger partial charge >= 0.3 is 0 Å². The van der Waals surface area contributed by atoms with Gasteiger partial charge in [-0.3, -0.25) is 19.8 Å². The molecule has 0 atom stereocenters. The molecule has 0 bridgehead atoms. The number of carbonyl (C=O) groups is 1. The largest absolute Gasteiger partial charge is 0.322 e. The number of benzene rings is 2. The molecule has 7 nitrogen and oxygen atoms in total. The van der Waals surface area contributed by atoms with Crippen molar-refractivity contribution < 1.29 is 9.18 Å². The highest BCUT2D eigenvalue weighted by atomic mass is 19.1. The zero-order valence-electron chi connectivity index (χ0n) is 20.3. The molecular weight excluding hydrogens is 455 g/mol. The van der Waals surface area contributed by atoms with Gasteiger partial charge in [-0.1, -0.05) is 18.1 Å². The van der Waals surface area contributed by atoms with E-state index in [4.69, 9.17) is 0 Å². The van der Waals surface area contributed by atoms with E-state index < -0.39 is 5.82 Å². The lowest BCUT2D eigenvalue weighted by Crippen LogP contribution is -2.43. The lowest BCUT2D eigenvalue weighted by Gasteiger charge is -2.32.